The lowest BCUT2D eigenvalue weighted by atomic mass is 10.2. The van der Waals surface area contributed by atoms with Gasteiger partial charge >= 0.3 is 0 Å². The van der Waals surface area contributed by atoms with Gasteiger partial charge in [-0.1, -0.05) is 0 Å². The largest absolute Gasteiger partial charge is 0.395 e. The van der Waals surface area contributed by atoms with Gasteiger partial charge in [0.2, 0.25) is 0 Å². The second-order valence-corrected chi connectivity index (χ2v) is 1.69. The molecule has 1 unspecified atom stereocenters. The summed E-state index contributed by atoms with van der Waals surface area (Å²) in [5.41, 5.74) is 5.31. The number of terminal acetylenes is 1. The zero-order chi connectivity index (χ0) is 6.41. The molecule has 0 saturated heterocycles. The first-order valence-electron chi connectivity index (χ1n) is 2.61. The fraction of sp³-hybridized carbons (Fsp3) is 0.667. The maximum absolute atomic E-state index is 8.37. The van der Waals surface area contributed by atoms with E-state index in [-0.39, 0.29) is 12.6 Å². The summed E-state index contributed by atoms with van der Waals surface area (Å²) >= 11 is 0. The lowest BCUT2D eigenvalue weighted by Crippen LogP contribution is -2.23. The van der Waals surface area contributed by atoms with Crippen LogP contribution in [0.4, 0.5) is 0 Å². The van der Waals surface area contributed by atoms with Crippen LogP contribution in [0.25, 0.3) is 0 Å². The first kappa shape index (κ1) is 7.48. The molecule has 0 aliphatic rings. The average molecular weight is 113 g/mol. The van der Waals surface area contributed by atoms with Crippen molar-refractivity contribution in [2.45, 2.75) is 18.9 Å². The van der Waals surface area contributed by atoms with Crippen LogP contribution >= 0.6 is 0 Å². The van der Waals surface area contributed by atoms with Crippen molar-refractivity contribution in [3.05, 3.63) is 0 Å². The van der Waals surface area contributed by atoms with Crippen molar-refractivity contribution in [2.24, 2.45) is 5.73 Å². The van der Waals surface area contributed by atoms with Crippen LogP contribution in [-0.4, -0.2) is 17.8 Å². The third kappa shape index (κ3) is 3.66. The molecular weight excluding hydrogens is 102 g/mol. The molecule has 46 valence electrons. The number of aliphatic hydroxyl groups is 1. The Morgan fingerprint density at radius 2 is 2.38 bits per heavy atom. The molecule has 0 aliphatic heterocycles. The second-order valence-electron chi connectivity index (χ2n) is 1.69. The van der Waals surface area contributed by atoms with Gasteiger partial charge < -0.3 is 10.8 Å². The minimum Gasteiger partial charge on any atom is -0.395 e. The Labute approximate surface area is 49.7 Å². The van der Waals surface area contributed by atoms with E-state index in [4.69, 9.17) is 17.3 Å². The molecule has 0 amide bonds. The maximum atomic E-state index is 8.37. The molecular formula is C6H11NO. The van der Waals surface area contributed by atoms with E-state index in [1.165, 1.54) is 0 Å². The Balaban J connectivity index is 3.01. The highest BCUT2D eigenvalue weighted by Crippen LogP contribution is 1.89. The van der Waals surface area contributed by atoms with Gasteiger partial charge in [-0.15, -0.1) is 12.3 Å². The van der Waals surface area contributed by atoms with Crippen LogP contribution in [0.2, 0.25) is 0 Å². The number of aliphatic hydroxyl groups excluding tert-OH is 1. The van der Waals surface area contributed by atoms with Gasteiger partial charge in [0.25, 0.3) is 0 Å². The normalized spacial score (nSPS) is 12.6. The van der Waals surface area contributed by atoms with Gasteiger partial charge in [0.1, 0.15) is 0 Å². The molecule has 3 N–H and O–H groups in total. The van der Waals surface area contributed by atoms with Crippen LogP contribution in [0, 0.1) is 12.3 Å². The molecule has 0 saturated carbocycles. The highest BCUT2D eigenvalue weighted by Gasteiger charge is 1.95. The molecule has 0 rings (SSSR count). The summed E-state index contributed by atoms with van der Waals surface area (Å²) in [6.07, 6.45) is 6.31. The topological polar surface area (TPSA) is 46.2 Å². The molecule has 0 heterocycles. The fourth-order valence-corrected chi connectivity index (χ4v) is 0.360. The van der Waals surface area contributed by atoms with E-state index in [1.807, 2.05) is 0 Å². The van der Waals surface area contributed by atoms with Crippen molar-refractivity contribution in [1.29, 1.82) is 0 Å². The van der Waals surface area contributed by atoms with E-state index in [0.717, 1.165) is 0 Å². The predicted molar refractivity (Wildman–Crippen MR) is 33.1 cm³/mol. The van der Waals surface area contributed by atoms with E-state index >= 15 is 0 Å². The third-order valence-corrected chi connectivity index (χ3v) is 0.894. The minimum atomic E-state index is -0.133. The molecule has 2 heteroatoms. The Bertz CT molecular complexity index is 85.0. The predicted octanol–water partition coefficient (Wildman–Crippen LogP) is -0.281. The summed E-state index contributed by atoms with van der Waals surface area (Å²) < 4.78 is 0. The van der Waals surface area contributed by atoms with Crippen molar-refractivity contribution < 1.29 is 5.11 Å². The summed E-state index contributed by atoms with van der Waals surface area (Å²) in [7, 11) is 0. The van der Waals surface area contributed by atoms with Gasteiger partial charge in [0, 0.05) is 12.5 Å². The quantitative estimate of drug-likeness (QED) is 0.494. The van der Waals surface area contributed by atoms with E-state index in [1.54, 1.807) is 0 Å². The molecule has 0 fully saturated rings. The summed E-state index contributed by atoms with van der Waals surface area (Å²) in [4.78, 5) is 0. The highest BCUT2D eigenvalue weighted by atomic mass is 16.3. The number of hydrogen-bond acceptors (Lipinski definition) is 2. The lowest BCUT2D eigenvalue weighted by molar-refractivity contribution is 0.261. The van der Waals surface area contributed by atoms with E-state index < -0.39 is 0 Å². The lowest BCUT2D eigenvalue weighted by Gasteiger charge is -2.02. The van der Waals surface area contributed by atoms with Crippen molar-refractivity contribution in [3.63, 3.8) is 0 Å². The first-order chi connectivity index (χ1) is 3.81. The van der Waals surface area contributed by atoms with Gasteiger partial charge in [-0.25, -0.2) is 0 Å². The molecule has 2 nitrogen and oxygen atoms in total. The molecule has 0 bridgehead atoms. The standard InChI is InChI=1S/C6H11NO/c1-2-3-4-6(7)5-8/h1,6,8H,3-5,7H2. The SMILES string of the molecule is C#CCCC(N)CO. The van der Waals surface area contributed by atoms with Crippen LogP contribution in [0.15, 0.2) is 0 Å². The van der Waals surface area contributed by atoms with Gasteiger partial charge in [0.15, 0.2) is 0 Å². The Kier molecular flexibility index (Phi) is 4.33. The number of rotatable bonds is 3. The molecule has 0 aromatic rings. The summed E-state index contributed by atoms with van der Waals surface area (Å²) in [5.74, 6) is 2.44. The summed E-state index contributed by atoms with van der Waals surface area (Å²) in [5, 5.41) is 8.37. The van der Waals surface area contributed by atoms with Crippen LogP contribution in [0.1, 0.15) is 12.8 Å². The van der Waals surface area contributed by atoms with E-state index in [0.29, 0.717) is 12.8 Å². The van der Waals surface area contributed by atoms with E-state index in [9.17, 15) is 0 Å². The summed E-state index contributed by atoms with van der Waals surface area (Å²) in [6.45, 7) is 0.0294. The van der Waals surface area contributed by atoms with Gasteiger partial charge in [0.05, 0.1) is 6.61 Å². The van der Waals surface area contributed by atoms with Crippen molar-refractivity contribution in [2.75, 3.05) is 6.61 Å². The van der Waals surface area contributed by atoms with Crippen molar-refractivity contribution in [3.8, 4) is 12.3 Å². The van der Waals surface area contributed by atoms with E-state index in [2.05, 4.69) is 5.92 Å². The molecule has 0 aromatic heterocycles. The van der Waals surface area contributed by atoms with Crippen molar-refractivity contribution >= 4 is 0 Å². The third-order valence-electron chi connectivity index (χ3n) is 0.894. The van der Waals surface area contributed by atoms with Gasteiger partial charge in [-0.3, -0.25) is 0 Å². The molecule has 0 radical (unpaired) electrons. The van der Waals surface area contributed by atoms with Crippen molar-refractivity contribution in [1.82, 2.24) is 0 Å². The first-order valence-corrected chi connectivity index (χ1v) is 2.61. The second kappa shape index (κ2) is 4.63. The number of hydrogen-bond donors (Lipinski definition) is 2. The Hall–Kier alpha value is -0.520. The fourth-order valence-electron chi connectivity index (χ4n) is 0.360. The van der Waals surface area contributed by atoms with Crippen LogP contribution in [0.5, 0.6) is 0 Å². The number of nitrogens with two attached hydrogens (primary N) is 1. The minimum absolute atomic E-state index is 0.0294. The van der Waals surface area contributed by atoms with Gasteiger partial charge in [-0.05, 0) is 6.42 Å². The zero-order valence-corrected chi connectivity index (χ0v) is 4.80. The monoisotopic (exact) mass is 113 g/mol. The van der Waals surface area contributed by atoms with Crippen LogP contribution < -0.4 is 5.73 Å². The molecule has 0 aliphatic carbocycles. The van der Waals surface area contributed by atoms with Gasteiger partial charge in [-0.2, -0.15) is 0 Å². The molecule has 8 heavy (non-hydrogen) atoms. The Morgan fingerprint density at radius 3 is 2.75 bits per heavy atom. The summed E-state index contributed by atoms with van der Waals surface area (Å²) in [6, 6.07) is -0.133. The highest BCUT2D eigenvalue weighted by molar-refractivity contribution is 4.84. The Morgan fingerprint density at radius 1 is 1.75 bits per heavy atom. The van der Waals surface area contributed by atoms with Crippen LogP contribution in [0.3, 0.4) is 0 Å². The smallest absolute Gasteiger partial charge is 0.0582 e. The molecule has 1 atom stereocenters. The average Bonchev–Trinajstić information content (AvgIpc) is 1.83. The molecule has 0 spiro atoms. The van der Waals surface area contributed by atoms with Crippen LogP contribution in [-0.2, 0) is 0 Å². The molecule has 0 aromatic carbocycles. The zero-order valence-electron chi connectivity index (χ0n) is 4.80. The maximum Gasteiger partial charge on any atom is 0.0582 e.